The number of aromatic amines is 1. The normalized spacial score (nSPS) is 24.4. The lowest BCUT2D eigenvalue weighted by molar-refractivity contribution is -0.127. The molecule has 1 saturated carbocycles. The molecule has 0 bridgehead atoms. The van der Waals surface area contributed by atoms with E-state index in [4.69, 9.17) is 9.72 Å². The van der Waals surface area contributed by atoms with Gasteiger partial charge in [-0.3, -0.25) is 4.79 Å². The number of hydrogen-bond acceptors (Lipinski definition) is 3. The van der Waals surface area contributed by atoms with Crippen LogP contribution in [0.4, 0.5) is 0 Å². The van der Waals surface area contributed by atoms with Crippen LogP contribution in [0, 0.1) is 5.92 Å². The van der Waals surface area contributed by atoms with Crippen molar-refractivity contribution in [3.05, 3.63) is 59.9 Å². The minimum Gasteiger partial charge on any atom is -0.492 e. The summed E-state index contributed by atoms with van der Waals surface area (Å²) in [6.45, 7) is 0.461. The van der Waals surface area contributed by atoms with Crippen LogP contribution in [0.15, 0.2) is 48.5 Å². The fraction of sp³-hybridized carbons (Fsp3) is 0.391. The third-order valence-corrected chi connectivity index (χ3v) is 6.06. The van der Waals surface area contributed by atoms with Crippen molar-refractivity contribution in [1.29, 1.82) is 0 Å². The Morgan fingerprint density at radius 3 is 2.89 bits per heavy atom. The van der Waals surface area contributed by atoms with Gasteiger partial charge in [-0.05, 0) is 49.4 Å². The first-order valence-electron chi connectivity index (χ1n) is 10.2. The summed E-state index contributed by atoms with van der Waals surface area (Å²) in [7, 11) is 0. The van der Waals surface area contributed by atoms with E-state index in [0.29, 0.717) is 12.5 Å². The quantitative estimate of drug-likeness (QED) is 0.728. The second-order valence-electron chi connectivity index (χ2n) is 8.03. The fourth-order valence-electron chi connectivity index (χ4n) is 4.55. The second-order valence-corrected chi connectivity index (χ2v) is 8.03. The average Bonchev–Trinajstić information content (AvgIpc) is 3.18. The third-order valence-electron chi connectivity index (χ3n) is 6.06. The largest absolute Gasteiger partial charge is 0.492 e. The van der Waals surface area contributed by atoms with Gasteiger partial charge in [-0.15, -0.1) is 0 Å². The Balaban J connectivity index is 1.24. The van der Waals surface area contributed by atoms with Crippen molar-refractivity contribution < 1.29 is 9.53 Å². The molecule has 2 heterocycles. The van der Waals surface area contributed by atoms with Crippen molar-refractivity contribution in [2.45, 2.75) is 44.1 Å². The number of H-pyrrole nitrogens is 1. The Bertz CT molecular complexity index is 963. The van der Waals surface area contributed by atoms with Crippen LogP contribution >= 0.6 is 0 Å². The Morgan fingerprint density at radius 1 is 1.11 bits per heavy atom. The van der Waals surface area contributed by atoms with Gasteiger partial charge in [0.2, 0.25) is 5.91 Å². The lowest BCUT2D eigenvalue weighted by atomic mass is 9.84. The molecule has 1 fully saturated rings. The van der Waals surface area contributed by atoms with Crippen LogP contribution < -0.4 is 10.1 Å². The van der Waals surface area contributed by atoms with Gasteiger partial charge in [0.25, 0.3) is 0 Å². The molecule has 5 heteroatoms. The number of nitrogens with one attached hydrogen (secondary N) is 2. The average molecular weight is 375 g/mol. The van der Waals surface area contributed by atoms with E-state index < -0.39 is 0 Å². The Morgan fingerprint density at radius 2 is 1.96 bits per heavy atom. The van der Waals surface area contributed by atoms with Crippen LogP contribution in [0.5, 0.6) is 5.75 Å². The summed E-state index contributed by atoms with van der Waals surface area (Å²) < 4.78 is 5.79. The van der Waals surface area contributed by atoms with Gasteiger partial charge in [0.05, 0.1) is 17.0 Å². The molecule has 5 nitrogen and oxygen atoms in total. The van der Waals surface area contributed by atoms with Crippen LogP contribution in [-0.2, 0) is 11.2 Å². The first-order valence-corrected chi connectivity index (χ1v) is 10.2. The van der Waals surface area contributed by atoms with Crippen LogP contribution in [-0.4, -0.2) is 28.5 Å². The molecule has 1 amide bonds. The molecule has 2 N–H and O–H groups in total. The van der Waals surface area contributed by atoms with Gasteiger partial charge in [-0.1, -0.05) is 36.8 Å². The van der Waals surface area contributed by atoms with Crippen molar-refractivity contribution in [2.75, 3.05) is 6.61 Å². The van der Waals surface area contributed by atoms with E-state index in [9.17, 15) is 4.79 Å². The first kappa shape index (κ1) is 17.3. The molecule has 5 rings (SSSR count). The minimum absolute atomic E-state index is 0.110. The summed E-state index contributed by atoms with van der Waals surface area (Å²) >= 11 is 0. The van der Waals surface area contributed by atoms with E-state index in [0.717, 1.165) is 60.3 Å². The first-order chi connectivity index (χ1) is 13.8. The van der Waals surface area contributed by atoms with Crippen molar-refractivity contribution in [3.63, 3.8) is 0 Å². The summed E-state index contributed by atoms with van der Waals surface area (Å²) in [5.41, 5.74) is 3.22. The lowest BCUT2D eigenvalue weighted by Gasteiger charge is -2.31. The predicted molar refractivity (Wildman–Crippen MR) is 108 cm³/mol. The van der Waals surface area contributed by atoms with Crippen molar-refractivity contribution >= 4 is 16.9 Å². The molecule has 0 saturated heterocycles. The highest BCUT2D eigenvalue weighted by molar-refractivity contribution is 5.80. The maximum absolute atomic E-state index is 12.8. The fourth-order valence-corrected chi connectivity index (χ4v) is 4.55. The summed E-state index contributed by atoms with van der Waals surface area (Å²) in [5.74, 6) is 2.34. The molecule has 2 aromatic carbocycles. The van der Waals surface area contributed by atoms with Crippen molar-refractivity contribution in [1.82, 2.24) is 15.3 Å². The summed E-state index contributed by atoms with van der Waals surface area (Å²) in [6, 6.07) is 16.3. The molecule has 3 aromatic rings. The number of nitrogens with zero attached hydrogens (tertiary/aromatic N) is 1. The summed E-state index contributed by atoms with van der Waals surface area (Å²) in [6.07, 6.45) is 4.95. The maximum Gasteiger partial charge on any atom is 0.227 e. The number of rotatable bonds is 3. The number of imidazole rings is 1. The third kappa shape index (κ3) is 3.37. The molecule has 0 radical (unpaired) electrons. The predicted octanol–water partition coefficient (Wildman–Crippen LogP) is 3.96. The number of carbonyl (C=O) groups excluding carboxylic acids is 1. The maximum atomic E-state index is 12.8. The number of carbonyl (C=O) groups is 1. The zero-order valence-electron chi connectivity index (χ0n) is 15.9. The van der Waals surface area contributed by atoms with Gasteiger partial charge in [0.1, 0.15) is 18.2 Å². The molecular weight excluding hydrogens is 350 g/mol. The molecule has 3 atom stereocenters. The molecule has 1 unspecified atom stereocenters. The van der Waals surface area contributed by atoms with Gasteiger partial charge >= 0.3 is 0 Å². The second kappa shape index (κ2) is 7.30. The van der Waals surface area contributed by atoms with E-state index in [2.05, 4.69) is 16.4 Å². The van der Waals surface area contributed by atoms with Crippen molar-refractivity contribution in [2.24, 2.45) is 5.92 Å². The summed E-state index contributed by atoms with van der Waals surface area (Å²) in [5, 5.41) is 3.29. The number of ether oxygens (including phenoxy) is 1. The molecule has 2 aliphatic rings. The highest BCUT2D eigenvalue weighted by atomic mass is 16.5. The smallest absolute Gasteiger partial charge is 0.227 e. The lowest BCUT2D eigenvalue weighted by Crippen LogP contribution is -2.44. The Kier molecular flexibility index (Phi) is 4.51. The zero-order chi connectivity index (χ0) is 18.9. The minimum atomic E-state index is -0.110. The highest BCUT2D eigenvalue weighted by Gasteiger charge is 2.30. The van der Waals surface area contributed by atoms with Crippen molar-refractivity contribution in [3.8, 4) is 5.75 Å². The number of benzene rings is 2. The van der Waals surface area contributed by atoms with Gasteiger partial charge in [-0.2, -0.15) is 0 Å². The molecule has 144 valence electrons. The number of aromatic nitrogens is 2. The number of fused-ring (bicyclic) bond motifs is 2. The van der Waals surface area contributed by atoms with Crippen LogP contribution in [0.2, 0.25) is 0 Å². The Hall–Kier alpha value is -2.82. The van der Waals surface area contributed by atoms with Crippen LogP contribution in [0.25, 0.3) is 11.0 Å². The molecular formula is C23H25N3O2. The van der Waals surface area contributed by atoms with E-state index in [-0.39, 0.29) is 17.9 Å². The molecule has 0 spiro atoms. The van der Waals surface area contributed by atoms with Crippen LogP contribution in [0.3, 0.4) is 0 Å². The molecule has 1 aromatic heterocycles. The SMILES string of the molecule is O=C(N[C@@H]1CCC[C@H](c2nc3ccccc3[nH]2)C1)C1COc2ccccc2C1. The van der Waals surface area contributed by atoms with Gasteiger partial charge in [0, 0.05) is 12.0 Å². The van der Waals surface area contributed by atoms with E-state index in [1.54, 1.807) is 0 Å². The summed E-state index contributed by atoms with van der Waals surface area (Å²) in [4.78, 5) is 21.1. The number of para-hydroxylation sites is 3. The topological polar surface area (TPSA) is 67.0 Å². The van der Waals surface area contributed by atoms with Crippen LogP contribution in [0.1, 0.15) is 43.0 Å². The van der Waals surface area contributed by atoms with Gasteiger partial charge in [0.15, 0.2) is 0 Å². The standard InChI is InChI=1S/C23H25N3O2/c27-23(17-12-15-6-1-4-11-21(15)28-14-17)24-18-8-5-7-16(13-18)22-25-19-9-2-3-10-20(19)26-22/h1-4,6,9-11,16-18H,5,7-8,12-14H2,(H,24,27)(H,25,26)/t16-,17?,18+/m0/s1. The van der Waals surface area contributed by atoms with Gasteiger partial charge < -0.3 is 15.0 Å². The number of amides is 1. The monoisotopic (exact) mass is 375 g/mol. The molecule has 1 aliphatic heterocycles. The van der Waals surface area contributed by atoms with E-state index in [1.165, 1.54) is 0 Å². The molecule has 28 heavy (non-hydrogen) atoms. The highest BCUT2D eigenvalue weighted by Crippen LogP contribution is 2.33. The van der Waals surface area contributed by atoms with E-state index in [1.807, 2.05) is 42.5 Å². The van der Waals surface area contributed by atoms with E-state index >= 15 is 0 Å². The van der Waals surface area contributed by atoms with Gasteiger partial charge in [-0.25, -0.2) is 4.98 Å². The Labute approximate surface area is 164 Å². The number of hydrogen-bond donors (Lipinski definition) is 2. The zero-order valence-corrected chi connectivity index (χ0v) is 15.9. The molecule has 1 aliphatic carbocycles.